The van der Waals surface area contributed by atoms with Gasteiger partial charge in [-0.25, -0.2) is 8.42 Å². The van der Waals surface area contributed by atoms with E-state index in [1.807, 2.05) is 0 Å². The predicted molar refractivity (Wildman–Crippen MR) is 126 cm³/mol. The van der Waals surface area contributed by atoms with Gasteiger partial charge in [0, 0.05) is 19.1 Å². The fourth-order valence-electron chi connectivity index (χ4n) is 5.13. The zero-order valence-corrected chi connectivity index (χ0v) is 20.4. The molecule has 0 aromatic heterocycles. The number of fused-ring (bicyclic) bond motifs is 1. The van der Waals surface area contributed by atoms with Gasteiger partial charge in [0.25, 0.3) is 5.91 Å². The quantitative estimate of drug-likeness (QED) is 0.704. The lowest BCUT2D eigenvalue weighted by molar-refractivity contribution is -0.126. The van der Waals surface area contributed by atoms with Crippen LogP contribution in [0.1, 0.15) is 58.8 Å². The second-order valence-electron chi connectivity index (χ2n) is 9.66. The zero-order valence-electron chi connectivity index (χ0n) is 19.6. The molecule has 4 rings (SSSR count). The number of ether oxygens (including phenoxy) is 1. The summed E-state index contributed by atoms with van der Waals surface area (Å²) in [5, 5.41) is 3.10. The average molecular weight is 478 g/mol. The van der Waals surface area contributed by atoms with Crippen LogP contribution in [0, 0.1) is 11.8 Å². The summed E-state index contributed by atoms with van der Waals surface area (Å²) in [7, 11) is -3.69. The number of amides is 2. The van der Waals surface area contributed by atoms with Crippen molar-refractivity contribution in [3.63, 3.8) is 0 Å². The lowest BCUT2D eigenvalue weighted by Gasteiger charge is -2.35. The van der Waals surface area contributed by atoms with Gasteiger partial charge >= 0.3 is 0 Å². The maximum Gasteiger partial charge on any atom is 0.265 e. The van der Waals surface area contributed by atoms with Crippen LogP contribution < -0.4 is 15.0 Å². The van der Waals surface area contributed by atoms with Crippen molar-refractivity contribution in [3.8, 4) is 5.75 Å². The number of hydrogen-bond donors (Lipinski definition) is 1. The molecule has 2 fully saturated rings. The fourth-order valence-corrected chi connectivity index (χ4v) is 6.67. The normalized spacial score (nSPS) is 26.8. The molecule has 0 bridgehead atoms. The number of carbonyl (C=O) groups excluding carboxylic acids is 2. The summed E-state index contributed by atoms with van der Waals surface area (Å²) in [4.78, 5) is 27.0. The molecule has 3 atom stereocenters. The molecule has 0 spiro atoms. The first-order chi connectivity index (χ1) is 15.8. The molecular formula is C24H35N3O5S. The third-order valence-corrected chi connectivity index (χ3v) is 9.33. The highest BCUT2D eigenvalue weighted by molar-refractivity contribution is 7.89. The Bertz CT molecular complexity index is 988. The van der Waals surface area contributed by atoms with E-state index in [0.717, 1.165) is 44.9 Å². The summed E-state index contributed by atoms with van der Waals surface area (Å²) in [6.07, 6.45) is 6.92. The molecule has 2 heterocycles. The molecule has 0 unspecified atom stereocenters. The molecule has 1 saturated heterocycles. The first-order valence-corrected chi connectivity index (χ1v) is 13.6. The lowest BCUT2D eigenvalue weighted by Crippen LogP contribution is -2.50. The molecule has 3 aliphatic rings. The Morgan fingerprint density at radius 1 is 1.09 bits per heavy atom. The van der Waals surface area contributed by atoms with E-state index < -0.39 is 10.0 Å². The molecule has 1 aromatic carbocycles. The molecular weight excluding hydrogens is 442 g/mol. The van der Waals surface area contributed by atoms with Crippen LogP contribution in [0.15, 0.2) is 23.1 Å². The van der Waals surface area contributed by atoms with E-state index in [2.05, 4.69) is 19.2 Å². The Hall–Kier alpha value is -2.13. The van der Waals surface area contributed by atoms with Gasteiger partial charge in [-0.3, -0.25) is 14.5 Å². The molecule has 1 N–H and O–H groups in total. The standard InChI is InChI=1S/C24H35N3O5S/c1-17-8-7-9-20(18(17)2)25-23(28)15-27-21-14-19(10-11-22(21)32-16-24(27)29)33(30,31)26-12-5-3-4-6-13-26/h10-11,14,17-18,20H,3-9,12-13,15-16H2,1-2H3,(H,25,28)/t17-,18-,20+/m1/s1. The van der Waals surface area contributed by atoms with Gasteiger partial charge in [-0.05, 0) is 49.3 Å². The Labute approximate surface area is 196 Å². The minimum atomic E-state index is -3.69. The lowest BCUT2D eigenvalue weighted by atomic mass is 9.78. The van der Waals surface area contributed by atoms with Crippen molar-refractivity contribution < 1.29 is 22.7 Å². The Kier molecular flexibility index (Phi) is 7.28. The zero-order chi connectivity index (χ0) is 23.6. The van der Waals surface area contributed by atoms with Gasteiger partial charge < -0.3 is 10.1 Å². The summed E-state index contributed by atoms with van der Waals surface area (Å²) >= 11 is 0. The largest absolute Gasteiger partial charge is 0.482 e. The minimum Gasteiger partial charge on any atom is -0.482 e. The Morgan fingerprint density at radius 3 is 2.55 bits per heavy atom. The number of anilines is 1. The van der Waals surface area contributed by atoms with Gasteiger partial charge in [0.2, 0.25) is 15.9 Å². The molecule has 9 heteroatoms. The van der Waals surface area contributed by atoms with Gasteiger partial charge in [-0.15, -0.1) is 0 Å². The molecule has 2 amide bonds. The number of nitrogens with zero attached hydrogens (tertiary/aromatic N) is 2. The Balaban J connectivity index is 1.54. The minimum absolute atomic E-state index is 0.0895. The van der Waals surface area contributed by atoms with Gasteiger partial charge in [0.15, 0.2) is 6.61 Å². The highest BCUT2D eigenvalue weighted by atomic mass is 32.2. The van der Waals surface area contributed by atoms with Crippen molar-refractivity contribution in [2.45, 2.75) is 69.7 Å². The monoisotopic (exact) mass is 477 g/mol. The number of carbonyl (C=O) groups is 2. The summed E-state index contributed by atoms with van der Waals surface area (Å²) in [5.74, 6) is 0.745. The predicted octanol–water partition coefficient (Wildman–Crippen LogP) is 2.92. The van der Waals surface area contributed by atoms with Crippen LogP contribution in [-0.2, 0) is 19.6 Å². The van der Waals surface area contributed by atoms with Crippen LogP contribution in [0.3, 0.4) is 0 Å². The maximum absolute atomic E-state index is 13.3. The van der Waals surface area contributed by atoms with Gasteiger partial charge in [0.05, 0.1) is 10.6 Å². The van der Waals surface area contributed by atoms with Crippen LogP contribution in [0.5, 0.6) is 5.75 Å². The van der Waals surface area contributed by atoms with Gasteiger partial charge in [0.1, 0.15) is 12.3 Å². The van der Waals surface area contributed by atoms with Crippen molar-refractivity contribution >= 4 is 27.5 Å². The third-order valence-electron chi connectivity index (χ3n) is 7.43. The molecule has 8 nitrogen and oxygen atoms in total. The van der Waals surface area contributed by atoms with E-state index in [1.165, 1.54) is 21.3 Å². The SMILES string of the molecule is C[C@@H]1[C@H](C)CCC[C@@H]1NC(=O)CN1C(=O)COc2ccc(S(=O)(=O)N3CCCCCC3)cc21. The van der Waals surface area contributed by atoms with Gasteiger partial charge in [-0.2, -0.15) is 4.31 Å². The number of nitrogens with one attached hydrogen (secondary N) is 1. The van der Waals surface area contributed by atoms with E-state index >= 15 is 0 Å². The second-order valence-corrected chi connectivity index (χ2v) is 11.6. The van der Waals surface area contributed by atoms with Crippen LogP contribution >= 0.6 is 0 Å². The number of sulfonamides is 1. The highest BCUT2D eigenvalue weighted by Crippen LogP contribution is 2.35. The maximum atomic E-state index is 13.3. The summed E-state index contributed by atoms with van der Waals surface area (Å²) < 4.78 is 33.6. The average Bonchev–Trinajstić information content (AvgIpc) is 3.09. The number of hydrogen-bond acceptors (Lipinski definition) is 5. The van der Waals surface area contributed by atoms with E-state index in [1.54, 1.807) is 6.07 Å². The van der Waals surface area contributed by atoms with Crippen molar-refractivity contribution in [1.29, 1.82) is 0 Å². The highest BCUT2D eigenvalue weighted by Gasteiger charge is 2.33. The van der Waals surface area contributed by atoms with Crippen LogP contribution in [0.25, 0.3) is 0 Å². The Morgan fingerprint density at radius 2 is 1.82 bits per heavy atom. The molecule has 1 saturated carbocycles. The fraction of sp³-hybridized carbons (Fsp3) is 0.667. The van der Waals surface area contributed by atoms with Crippen molar-refractivity contribution in [2.24, 2.45) is 11.8 Å². The van der Waals surface area contributed by atoms with Gasteiger partial charge in [-0.1, -0.05) is 39.5 Å². The summed E-state index contributed by atoms with van der Waals surface area (Å²) in [6.45, 7) is 5.04. The van der Waals surface area contributed by atoms with Crippen LogP contribution in [0.4, 0.5) is 5.69 Å². The van der Waals surface area contributed by atoms with Crippen molar-refractivity contribution in [2.75, 3.05) is 31.1 Å². The summed E-state index contributed by atoms with van der Waals surface area (Å²) in [5.41, 5.74) is 0.336. The smallest absolute Gasteiger partial charge is 0.265 e. The van der Waals surface area contributed by atoms with E-state index in [4.69, 9.17) is 4.74 Å². The van der Waals surface area contributed by atoms with E-state index in [-0.39, 0.29) is 35.9 Å². The van der Waals surface area contributed by atoms with Crippen LogP contribution in [-0.4, -0.2) is 56.8 Å². The molecule has 1 aliphatic carbocycles. The van der Waals surface area contributed by atoms with E-state index in [0.29, 0.717) is 36.4 Å². The first-order valence-electron chi connectivity index (χ1n) is 12.1. The van der Waals surface area contributed by atoms with E-state index in [9.17, 15) is 18.0 Å². The molecule has 2 aliphatic heterocycles. The second kappa shape index (κ2) is 10.0. The molecule has 182 valence electrons. The molecule has 33 heavy (non-hydrogen) atoms. The molecule has 1 aromatic rings. The number of rotatable bonds is 5. The third kappa shape index (κ3) is 5.19. The van der Waals surface area contributed by atoms with Crippen molar-refractivity contribution in [1.82, 2.24) is 9.62 Å². The first kappa shape index (κ1) is 24.0. The topological polar surface area (TPSA) is 96.0 Å². The van der Waals surface area contributed by atoms with Crippen LogP contribution in [0.2, 0.25) is 0 Å². The summed E-state index contributed by atoms with van der Waals surface area (Å²) in [6, 6.07) is 4.68. The van der Waals surface area contributed by atoms with Crippen molar-refractivity contribution in [3.05, 3.63) is 18.2 Å². The molecule has 0 radical (unpaired) electrons. The number of benzene rings is 1.